The summed E-state index contributed by atoms with van der Waals surface area (Å²) in [7, 11) is -1.16. The molecule has 3 aromatic heterocycles. The standard InChI is InChI=1S/C25H37N5O4Si/c1-35(2,3)14-13-33-17-29-11-8-20-22-21(15-26-23(20)29)24(31)27-25(32)30(22)18-6-9-28(10-7-18)16-19-5-4-12-34-19/h8,11,15,18-19H,4-7,9-10,12-14,16-17H2,1-3H3,(H,27,31,32). The van der Waals surface area contributed by atoms with Gasteiger partial charge in [-0.15, -0.1) is 0 Å². The lowest BCUT2D eigenvalue weighted by Gasteiger charge is -2.34. The zero-order chi connectivity index (χ0) is 24.6. The Bertz CT molecular complexity index is 1290. The molecule has 190 valence electrons. The van der Waals surface area contributed by atoms with E-state index in [0.29, 0.717) is 23.7 Å². The molecular formula is C25H37N5O4Si. The maximum absolute atomic E-state index is 13.1. The summed E-state index contributed by atoms with van der Waals surface area (Å²) in [5.41, 5.74) is 0.694. The fourth-order valence-corrected chi connectivity index (χ4v) is 6.06. The van der Waals surface area contributed by atoms with Crippen molar-refractivity contribution in [1.82, 2.24) is 24.0 Å². The molecule has 10 heteroatoms. The Morgan fingerprint density at radius 2 is 1.97 bits per heavy atom. The monoisotopic (exact) mass is 499 g/mol. The summed E-state index contributed by atoms with van der Waals surface area (Å²) in [4.78, 5) is 35.3. The van der Waals surface area contributed by atoms with Crippen LogP contribution in [0.4, 0.5) is 0 Å². The largest absolute Gasteiger partial charge is 0.377 e. The smallest absolute Gasteiger partial charge is 0.329 e. The molecule has 1 unspecified atom stereocenters. The highest BCUT2D eigenvalue weighted by Crippen LogP contribution is 2.29. The molecule has 2 fully saturated rings. The number of pyridine rings is 1. The summed E-state index contributed by atoms with van der Waals surface area (Å²) in [6.45, 7) is 11.8. The maximum atomic E-state index is 13.1. The normalized spacial score (nSPS) is 20.4. The van der Waals surface area contributed by atoms with Crippen LogP contribution in [0.2, 0.25) is 25.7 Å². The van der Waals surface area contributed by atoms with Crippen molar-refractivity contribution in [3.8, 4) is 0 Å². The van der Waals surface area contributed by atoms with Gasteiger partial charge in [0.05, 0.1) is 17.0 Å². The first-order valence-corrected chi connectivity index (χ1v) is 16.5. The molecule has 0 saturated carbocycles. The Morgan fingerprint density at radius 1 is 1.17 bits per heavy atom. The van der Waals surface area contributed by atoms with Crippen LogP contribution in [0, 0.1) is 0 Å². The van der Waals surface area contributed by atoms with Gasteiger partial charge in [-0.1, -0.05) is 19.6 Å². The highest BCUT2D eigenvalue weighted by molar-refractivity contribution is 6.76. The summed E-state index contributed by atoms with van der Waals surface area (Å²) in [6, 6.07) is 3.09. The van der Waals surface area contributed by atoms with Gasteiger partial charge >= 0.3 is 5.69 Å². The number of hydrogen-bond acceptors (Lipinski definition) is 6. The van der Waals surface area contributed by atoms with Crippen LogP contribution in [0.3, 0.4) is 0 Å². The van der Waals surface area contributed by atoms with Crippen LogP contribution < -0.4 is 11.2 Å². The summed E-state index contributed by atoms with van der Waals surface area (Å²) in [5, 5.41) is 1.28. The van der Waals surface area contributed by atoms with Crippen LogP contribution in [0.25, 0.3) is 21.9 Å². The highest BCUT2D eigenvalue weighted by Gasteiger charge is 2.27. The number of fused-ring (bicyclic) bond motifs is 3. The number of H-pyrrole nitrogens is 1. The summed E-state index contributed by atoms with van der Waals surface area (Å²) in [6.07, 6.45) is 7.86. The third-order valence-corrected chi connectivity index (χ3v) is 9.02. The lowest BCUT2D eigenvalue weighted by Crippen LogP contribution is -2.42. The van der Waals surface area contributed by atoms with Gasteiger partial charge < -0.3 is 18.9 Å². The number of rotatable bonds is 8. The van der Waals surface area contributed by atoms with E-state index in [0.717, 1.165) is 75.6 Å². The quantitative estimate of drug-likeness (QED) is 0.378. The first-order chi connectivity index (χ1) is 16.8. The Morgan fingerprint density at radius 3 is 2.69 bits per heavy atom. The molecule has 2 aliphatic rings. The molecule has 0 aliphatic carbocycles. The molecule has 9 nitrogen and oxygen atoms in total. The van der Waals surface area contributed by atoms with Crippen LogP contribution in [0.15, 0.2) is 28.0 Å². The van der Waals surface area contributed by atoms with Gasteiger partial charge in [-0.25, -0.2) is 9.78 Å². The van der Waals surface area contributed by atoms with E-state index in [-0.39, 0.29) is 17.3 Å². The first kappa shape index (κ1) is 24.4. The molecule has 0 bridgehead atoms. The Hall–Kier alpha value is -2.27. The number of nitrogens with one attached hydrogen (secondary N) is 1. The Kier molecular flexibility index (Phi) is 6.98. The van der Waals surface area contributed by atoms with Crippen LogP contribution in [-0.4, -0.2) is 71.0 Å². The number of hydrogen-bond donors (Lipinski definition) is 1. The van der Waals surface area contributed by atoms with E-state index < -0.39 is 8.07 Å². The topological polar surface area (TPSA) is 94.4 Å². The van der Waals surface area contributed by atoms with Crippen molar-refractivity contribution in [2.45, 2.75) is 70.2 Å². The van der Waals surface area contributed by atoms with Crippen molar-refractivity contribution in [2.75, 3.05) is 32.8 Å². The highest BCUT2D eigenvalue weighted by atomic mass is 28.3. The molecule has 35 heavy (non-hydrogen) atoms. The van der Waals surface area contributed by atoms with Crippen LogP contribution in [-0.2, 0) is 16.2 Å². The molecule has 5 heterocycles. The Balaban J connectivity index is 1.41. The van der Waals surface area contributed by atoms with Gasteiger partial charge in [0.15, 0.2) is 0 Å². The third kappa shape index (κ3) is 5.30. The van der Waals surface area contributed by atoms with E-state index in [9.17, 15) is 9.59 Å². The van der Waals surface area contributed by atoms with E-state index in [1.807, 2.05) is 16.8 Å². The predicted octanol–water partition coefficient (Wildman–Crippen LogP) is 3.17. The van der Waals surface area contributed by atoms with E-state index in [1.165, 1.54) is 0 Å². The van der Waals surface area contributed by atoms with Crippen molar-refractivity contribution in [1.29, 1.82) is 0 Å². The van der Waals surface area contributed by atoms with E-state index in [4.69, 9.17) is 9.47 Å². The molecule has 2 aliphatic heterocycles. The van der Waals surface area contributed by atoms with Crippen molar-refractivity contribution >= 4 is 30.0 Å². The molecule has 1 atom stereocenters. The van der Waals surface area contributed by atoms with Gasteiger partial charge in [-0.2, -0.15) is 0 Å². The minimum atomic E-state index is -1.16. The van der Waals surface area contributed by atoms with Crippen molar-refractivity contribution in [3.05, 3.63) is 39.3 Å². The fraction of sp³-hybridized carbons (Fsp3) is 0.640. The number of likely N-dealkylation sites (tertiary alicyclic amines) is 1. The van der Waals surface area contributed by atoms with Crippen LogP contribution in [0.5, 0.6) is 0 Å². The van der Waals surface area contributed by atoms with Gasteiger partial charge in [0, 0.05) is 64.7 Å². The molecule has 0 amide bonds. The van der Waals surface area contributed by atoms with E-state index in [2.05, 4.69) is 34.5 Å². The number of ether oxygens (including phenoxy) is 2. The Labute approximate surface area is 206 Å². The molecule has 3 aromatic rings. The predicted molar refractivity (Wildman–Crippen MR) is 140 cm³/mol. The molecular weight excluding hydrogens is 462 g/mol. The zero-order valence-electron chi connectivity index (χ0n) is 21.1. The number of nitrogens with zero attached hydrogens (tertiary/aromatic N) is 4. The zero-order valence-corrected chi connectivity index (χ0v) is 22.1. The second-order valence-electron chi connectivity index (χ2n) is 11.2. The van der Waals surface area contributed by atoms with Crippen LogP contribution in [0.1, 0.15) is 31.7 Å². The van der Waals surface area contributed by atoms with Gasteiger partial charge in [-0.3, -0.25) is 14.3 Å². The number of aromatic amines is 1. The fourth-order valence-electron chi connectivity index (χ4n) is 5.31. The lowest BCUT2D eigenvalue weighted by atomic mass is 10.0. The maximum Gasteiger partial charge on any atom is 0.329 e. The molecule has 1 N–H and O–H groups in total. The van der Waals surface area contributed by atoms with Crippen LogP contribution >= 0.6 is 0 Å². The van der Waals surface area contributed by atoms with Crippen molar-refractivity contribution in [3.63, 3.8) is 0 Å². The summed E-state index contributed by atoms with van der Waals surface area (Å²) >= 11 is 0. The number of piperidine rings is 1. The first-order valence-electron chi connectivity index (χ1n) is 12.8. The lowest BCUT2D eigenvalue weighted by molar-refractivity contribution is 0.0606. The summed E-state index contributed by atoms with van der Waals surface area (Å²) in [5.74, 6) is 0. The van der Waals surface area contributed by atoms with Crippen molar-refractivity contribution < 1.29 is 9.47 Å². The average molecular weight is 500 g/mol. The second kappa shape index (κ2) is 10.0. The number of aromatic nitrogens is 4. The molecule has 0 radical (unpaired) electrons. The SMILES string of the molecule is C[Si](C)(C)CCOCn1ccc2c1ncc1c(=O)[nH]c(=O)n(C3CCN(CC4CCCO4)CC3)c12. The average Bonchev–Trinajstić information content (AvgIpc) is 3.47. The van der Waals surface area contributed by atoms with Crippen molar-refractivity contribution in [2.24, 2.45) is 0 Å². The minimum Gasteiger partial charge on any atom is -0.377 e. The second-order valence-corrected chi connectivity index (χ2v) is 16.8. The van der Waals surface area contributed by atoms with Gasteiger partial charge in [0.2, 0.25) is 0 Å². The van der Waals surface area contributed by atoms with E-state index in [1.54, 1.807) is 10.8 Å². The molecule has 0 spiro atoms. The molecule has 2 saturated heterocycles. The summed E-state index contributed by atoms with van der Waals surface area (Å²) < 4.78 is 15.5. The molecule has 0 aromatic carbocycles. The minimum absolute atomic E-state index is 0.0320. The van der Waals surface area contributed by atoms with E-state index >= 15 is 0 Å². The third-order valence-electron chi connectivity index (χ3n) is 7.32. The van der Waals surface area contributed by atoms with Gasteiger partial charge in [0.1, 0.15) is 12.4 Å². The molecule has 5 rings (SSSR count). The van der Waals surface area contributed by atoms with Gasteiger partial charge in [0.25, 0.3) is 5.56 Å². The van der Waals surface area contributed by atoms with Gasteiger partial charge in [-0.05, 0) is 37.8 Å².